The number of rotatable bonds is 7. The summed E-state index contributed by atoms with van der Waals surface area (Å²) in [6.07, 6.45) is 10.2. The lowest BCUT2D eigenvalue weighted by molar-refractivity contribution is 0.197. The molecule has 1 aliphatic carbocycles. The van der Waals surface area contributed by atoms with Crippen LogP contribution in [-0.4, -0.2) is 26.8 Å². The molecule has 1 rings (SSSR count). The highest BCUT2D eigenvalue weighted by atomic mass is 16.5. The first-order valence-electron chi connectivity index (χ1n) is 7.02. The molecule has 0 aromatic rings. The van der Waals surface area contributed by atoms with E-state index >= 15 is 0 Å². The molecule has 0 saturated heterocycles. The van der Waals surface area contributed by atoms with E-state index < -0.39 is 0 Å². The van der Waals surface area contributed by atoms with Gasteiger partial charge in [0, 0.05) is 13.7 Å². The van der Waals surface area contributed by atoms with Crippen LogP contribution < -0.4 is 5.32 Å². The predicted molar refractivity (Wildman–Crippen MR) is 69.7 cm³/mol. The smallest absolute Gasteiger partial charge is 0.0587 e. The molecule has 2 heteroatoms. The van der Waals surface area contributed by atoms with Gasteiger partial charge >= 0.3 is 0 Å². The normalized spacial score (nSPS) is 20.6. The van der Waals surface area contributed by atoms with Gasteiger partial charge in [0.1, 0.15) is 0 Å². The molecule has 2 nitrogen and oxygen atoms in total. The number of ether oxygens (including phenoxy) is 1. The minimum atomic E-state index is 0.819. The lowest BCUT2D eigenvalue weighted by Gasteiger charge is -2.19. The topological polar surface area (TPSA) is 21.3 Å². The standard InChI is InChI=1S/C14H29NO/c1-13(12-15-9-10-16-2)11-14-7-5-3-4-6-8-14/h13-15H,3-12H2,1-2H3. The molecule has 0 radical (unpaired) electrons. The maximum atomic E-state index is 5.03. The second kappa shape index (κ2) is 9.00. The number of hydrogen-bond acceptors (Lipinski definition) is 2. The van der Waals surface area contributed by atoms with Gasteiger partial charge in [-0.05, 0) is 24.8 Å². The molecule has 0 bridgehead atoms. The minimum absolute atomic E-state index is 0.819. The van der Waals surface area contributed by atoms with Crippen LogP contribution in [0.5, 0.6) is 0 Å². The molecule has 1 atom stereocenters. The van der Waals surface area contributed by atoms with E-state index in [-0.39, 0.29) is 0 Å². The zero-order valence-electron chi connectivity index (χ0n) is 11.1. The Kier molecular flexibility index (Phi) is 7.87. The Labute approximate surface area is 101 Å². The fourth-order valence-corrected chi connectivity index (χ4v) is 2.77. The van der Waals surface area contributed by atoms with Crippen LogP contribution in [-0.2, 0) is 4.74 Å². The molecule has 16 heavy (non-hydrogen) atoms. The molecule has 1 saturated carbocycles. The van der Waals surface area contributed by atoms with Crippen molar-refractivity contribution >= 4 is 0 Å². The van der Waals surface area contributed by atoms with Crippen molar-refractivity contribution in [2.24, 2.45) is 11.8 Å². The summed E-state index contributed by atoms with van der Waals surface area (Å²) in [5.74, 6) is 1.82. The van der Waals surface area contributed by atoms with E-state index in [1.54, 1.807) is 7.11 Å². The van der Waals surface area contributed by atoms with Crippen LogP contribution in [0.25, 0.3) is 0 Å². The van der Waals surface area contributed by atoms with Gasteiger partial charge in [0.15, 0.2) is 0 Å². The molecule has 1 fully saturated rings. The Morgan fingerprint density at radius 1 is 1.19 bits per heavy atom. The van der Waals surface area contributed by atoms with Gasteiger partial charge in [-0.25, -0.2) is 0 Å². The summed E-state index contributed by atoms with van der Waals surface area (Å²) in [7, 11) is 1.76. The molecule has 96 valence electrons. The van der Waals surface area contributed by atoms with Crippen molar-refractivity contribution in [1.82, 2.24) is 5.32 Å². The monoisotopic (exact) mass is 227 g/mol. The summed E-state index contributed by atoms with van der Waals surface area (Å²) < 4.78 is 5.03. The van der Waals surface area contributed by atoms with E-state index in [1.165, 1.54) is 44.9 Å². The molecule has 0 aliphatic heterocycles. The van der Waals surface area contributed by atoms with Crippen LogP contribution in [0.4, 0.5) is 0 Å². The summed E-state index contributed by atoms with van der Waals surface area (Å²) in [6.45, 7) is 5.35. The van der Waals surface area contributed by atoms with Crippen molar-refractivity contribution in [3.8, 4) is 0 Å². The SMILES string of the molecule is COCCNCC(C)CC1CCCCCC1. The highest BCUT2D eigenvalue weighted by Crippen LogP contribution is 2.27. The van der Waals surface area contributed by atoms with E-state index in [0.29, 0.717) is 0 Å². The van der Waals surface area contributed by atoms with Gasteiger partial charge < -0.3 is 10.1 Å². The van der Waals surface area contributed by atoms with Gasteiger partial charge in [-0.3, -0.25) is 0 Å². The van der Waals surface area contributed by atoms with Gasteiger partial charge in [-0.2, -0.15) is 0 Å². The van der Waals surface area contributed by atoms with Crippen LogP contribution in [0.15, 0.2) is 0 Å². The maximum Gasteiger partial charge on any atom is 0.0587 e. The summed E-state index contributed by atoms with van der Waals surface area (Å²) in [5.41, 5.74) is 0. The number of hydrogen-bond donors (Lipinski definition) is 1. The van der Waals surface area contributed by atoms with Crippen molar-refractivity contribution < 1.29 is 4.74 Å². The number of nitrogens with one attached hydrogen (secondary N) is 1. The van der Waals surface area contributed by atoms with Gasteiger partial charge in [0.2, 0.25) is 0 Å². The maximum absolute atomic E-state index is 5.03. The van der Waals surface area contributed by atoms with E-state index in [9.17, 15) is 0 Å². The largest absolute Gasteiger partial charge is 0.383 e. The Morgan fingerprint density at radius 3 is 2.50 bits per heavy atom. The highest BCUT2D eigenvalue weighted by molar-refractivity contribution is 4.68. The summed E-state index contributed by atoms with van der Waals surface area (Å²) in [5, 5.41) is 3.47. The Hall–Kier alpha value is -0.0800. The van der Waals surface area contributed by atoms with Crippen LogP contribution in [0.2, 0.25) is 0 Å². The fourth-order valence-electron chi connectivity index (χ4n) is 2.77. The van der Waals surface area contributed by atoms with Crippen LogP contribution >= 0.6 is 0 Å². The predicted octanol–water partition coefficient (Wildman–Crippen LogP) is 3.22. The molecule has 0 spiro atoms. The Bertz CT molecular complexity index is 153. The molecule has 1 unspecified atom stereocenters. The molecule has 1 N–H and O–H groups in total. The average molecular weight is 227 g/mol. The first-order valence-corrected chi connectivity index (χ1v) is 7.02. The zero-order valence-corrected chi connectivity index (χ0v) is 11.1. The molecule has 0 aromatic carbocycles. The highest BCUT2D eigenvalue weighted by Gasteiger charge is 2.15. The van der Waals surface area contributed by atoms with Gasteiger partial charge in [-0.15, -0.1) is 0 Å². The van der Waals surface area contributed by atoms with Gasteiger partial charge in [0.05, 0.1) is 6.61 Å². The van der Waals surface area contributed by atoms with Crippen molar-refractivity contribution in [3.63, 3.8) is 0 Å². The van der Waals surface area contributed by atoms with Crippen molar-refractivity contribution in [1.29, 1.82) is 0 Å². The van der Waals surface area contributed by atoms with Gasteiger partial charge in [0.25, 0.3) is 0 Å². The lowest BCUT2D eigenvalue weighted by atomic mass is 9.90. The quantitative estimate of drug-likeness (QED) is 0.532. The van der Waals surface area contributed by atoms with E-state index in [0.717, 1.165) is 31.5 Å². The van der Waals surface area contributed by atoms with Crippen LogP contribution in [0, 0.1) is 11.8 Å². The van der Waals surface area contributed by atoms with Crippen molar-refractivity contribution in [3.05, 3.63) is 0 Å². The second-order valence-electron chi connectivity index (χ2n) is 5.40. The third-order valence-electron chi connectivity index (χ3n) is 3.69. The minimum Gasteiger partial charge on any atom is -0.383 e. The average Bonchev–Trinajstić information content (AvgIpc) is 2.53. The fraction of sp³-hybridized carbons (Fsp3) is 1.00. The van der Waals surface area contributed by atoms with E-state index in [4.69, 9.17) is 4.74 Å². The molecular weight excluding hydrogens is 198 g/mol. The van der Waals surface area contributed by atoms with Crippen LogP contribution in [0.1, 0.15) is 51.9 Å². The molecule has 0 aromatic heterocycles. The third kappa shape index (κ3) is 6.49. The second-order valence-corrected chi connectivity index (χ2v) is 5.40. The third-order valence-corrected chi connectivity index (χ3v) is 3.69. The molecule has 1 aliphatic rings. The first-order chi connectivity index (χ1) is 7.83. The van der Waals surface area contributed by atoms with E-state index in [2.05, 4.69) is 12.2 Å². The Morgan fingerprint density at radius 2 is 1.88 bits per heavy atom. The first kappa shape index (κ1) is 14.0. The zero-order chi connectivity index (χ0) is 11.6. The van der Waals surface area contributed by atoms with Gasteiger partial charge in [-0.1, -0.05) is 45.4 Å². The van der Waals surface area contributed by atoms with E-state index in [1.807, 2.05) is 0 Å². The summed E-state index contributed by atoms with van der Waals surface area (Å²) in [4.78, 5) is 0. The van der Waals surface area contributed by atoms with Crippen molar-refractivity contribution in [2.45, 2.75) is 51.9 Å². The molecule has 0 amide bonds. The lowest BCUT2D eigenvalue weighted by Crippen LogP contribution is -2.26. The Balaban J connectivity index is 2.04. The van der Waals surface area contributed by atoms with Crippen LogP contribution in [0.3, 0.4) is 0 Å². The molecule has 0 heterocycles. The number of methoxy groups -OCH3 is 1. The summed E-state index contributed by atoms with van der Waals surface area (Å²) in [6, 6.07) is 0. The summed E-state index contributed by atoms with van der Waals surface area (Å²) >= 11 is 0. The molecular formula is C14H29NO. The van der Waals surface area contributed by atoms with Crippen molar-refractivity contribution in [2.75, 3.05) is 26.8 Å².